The first-order valence-electron chi connectivity index (χ1n) is 5.31. The van der Waals surface area contributed by atoms with E-state index in [1.54, 1.807) is 0 Å². The summed E-state index contributed by atoms with van der Waals surface area (Å²) in [7, 11) is 0. The molecule has 2 rings (SSSR count). The van der Waals surface area contributed by atoms with Gasteiger partial charge in [0.1, 0.15) is 0 Å². The Hall–Kier alpha value is -0.690. The normalized spacial score (nSPS) is 10.5. The third-order valence-corrected chi connectivity index (χ3v) is 3.38. The van der Waals surface area contributed by atoms with Crippen LogP contribution in [0.15, 0.2) is 42.5 Å². The van der Waals surface area contributed by atoms with Crippen molar-refractivity contribution in [2.45, 2.75) is 6.42 Å². The Morgan fingerprint density at radius 1 is 0.941 bits per heavy atom. The van der Waals surface area contributed by atoms with Crippen molar-refractivity contribution in [1.29, 1.82) is 0 Å². The molecular formula is C14H11Cl3. The number of benzene rings is 2. The maximum Gasteiger partial charge on any atom is 0.0444 e. The van der Waals surface area contributed by atoms with Crippen LogP contribution in [0.5, 0.6) is 0 Å². The van der Waals surface area contributed by atoms with Gasteiger partial charge in [-0.1, -0.05) is 47.5 Å². The van der Waals surface area contributed by atoms with E-state index in [9.17, 15) is 0 Å². The molecule has 0 saturated heterocycles. The lowest BCUT2D eigenvalue weighted by molar-refractivity contribution is 1.15. The molecule has 0 fully saturated rings. The summed E-state index contributed by atoms with van der Waals surface area (Å²) < 4.78 is 0. The number of hydrogen-bond donors (Lipinski definition) is 0. The highest BCUT2D eigenvalue weighted by Crippen LogP contribution is 2.31. The van der Waals surface area contributed by atoms with Gasteiger partial charge in [-0.2, -0.15) is 0 Å². The summed E-state index contributed by atoms with van der Waals surface area (Å²) in [5.41, 5.74) is 3.24. The van der Waals surface area contributed by atoms with Crippen molar-refractivity contribution in [3.63, 3.8) is 0 Å². The zero-order chi connectivity index (χ0) is 12.3. The average molecular weight is 286 g/mol. The Balaban J connectivity index is 2.54. The summed E-state index contributed by atoms with van der Waals surface area (Å²) in [6.07, 6.45) is 0.753. The Bertz CT molecular complexity index is 521. The van der Waals surface area contributed by atoms with Crippen molar-refractivity contribution in [2.24, 2.45) is 0 Å². The minimum absolute atomic E-state index is 0.553. The molecule has 0 bridgehead atoms. The van der Waals surface area contributed by atoms with Crippen LogP contribution >= 0.6 is 34.8 Å². The van der Waals surface area contributed by atoms with Crippen LogP contribution in [-0.4, -0.2) is 5.88 Å². The summed E-state index contributed by atoms with van der Waals surface area (Å²) in [5, 5.41) is 1.47. The topological polar surface area (TPSA) is 0 Å². The molecule has 88 valence electrons. The molecule has 0 spiro atoms. The third-order valence-electron chi connectivity index (χ3n) is 2.60. The van der Waals surface area contributed by atoms with Gasteiger partial charge in [-0.15, -0.1) is 11.6 Å². The van der Waals surface area contributed by atoms with Crippen LogP contribution in [0.25, 0.3) is 11.1 Å². The molecule has 0 nitrogen and oxygen atoms in total. The zero-order valence-corrected chi connectivity index (χ0v) is 11.4. The van der Waals surface area contributed by atoms with Crippen LogP contribution in [0.1, 0.15) is 5.56 Å². The Kier molecular flexibility index (Phi) is 4.33. The Labute approximate surface area is 116 Å². The minimum atomic E-state index is 0.553. The van der Waals surface area contributed by atoms with Crippen LogP contribution in [0.2, 0.25) is 10.0 Å². The molecule has 0 aliphatic rings. The number of halogens is 3. The predicted octanol–water partition coefficient (Wildman–Crippen LogP) is 5.44. The maximum absolute atomic E-state index is 6.21. The van der Waals surface area contributed by atoms with Crippen LogP contribution in [0.4, 0.5) is 0 Å². The molecule has 0 atom stereocenters. The molecule has 0 radical (unpaired) electrons. The van der Waals surface area contributed by atoms with E-state index in [0.717, 1.165) is 33.2 Å². The van der Waals surface area contributed by atoms with Crippen molar-refractivity contribution >= 4 is 34.8 Å². The van der Waals surface area contributed by atoms with Gasteiger partial charge in [0.2, 0.25) is 0 Å². The van der Waals surface area contributed by atoms with Gasteiger partial charge in [-0.3, -0.25) is 0 Å². The van der Waals surface area contributed by atoms with Crippen LogP contribution < -0.4 is 0 Å². The summed E-state index contributed by atoms with van der Waals surface area (Å²) in [4.78, 5) is 0. The van der Waals surface area contributed by atoms with E-state index in [4.69, 9.17) is 34.8 Å². The van der Waals surface area contributed by atoms with Crippen molar-refractivity contribution in [1.82, 2.24) is 0 Å². The lowest BCUT2D eigenvalue weighted by Crippen LogP contribution is -1.92. The molecule has 0 amide bonds. The second-order valence-electron chi connectivity index (χ2n) is 3.72. The highest BCUT2D eigenvalue weighted by Gasteiger charge is 2.08. The molecule has 0 unspecified atom stereocenters. The minimum Gasteiger partial charge on any atom is -0.126 e. The standard InChI is InChI=1S/C14H11Cl3/c15-8-7-13-12(5-2-6-14(13)17)10-3-1-4-11(16)9-10/h1-6,9H,7-8H2. The quantitative estimate of drug-likeness (QED) is 0.659. The summed E-state index contributed by atoms with van der Waals surface area (Å²) in [6.45, 7) is 0. The van der Waals surface area contributed by atoms with E-state index in [0.29, 0.717) is 5.88 Å². The van der Waals surface area contributed by atoms with E-state index in [1.165, 1.54) is 0 Å². The summed E-state index contributed by atoms with van der Waals surface area (Å²) in [6, 6.07) is 13.6. The number of alkyl halides is 1. The maximum atomic E-state index is 6.21. The molecule has 2 aromatic rings. The molecule has 2 aromatic carbocycles. The molecule has 0 aromatic heterocycles. The highest BCUT2D eigenvalue weighted by atomic mass is 35.5. The number of hydrogen-bond acceptors (Lipinski definition) is 0. The third kappa shape index (κ3) is 2.95. The van der Waals surface area contributed by atoms with E-state index < -0.39 is 0 Å². The fourth-order valence-electron chi connectivity index (χ4n) is 1.83. The molecule has 0 saturated carbocycles. The first kappa shape index (κ1) is 12.8. The van der Waals surface area contributed by atoms with Gasteiger partial charge >= 0.3 is 0 Å². The van der Waals surface area contributed by atoms with Gasteiger partial charge in [-0.05, 0) is 41.3 Å². The van der Waals surface area contributed by atoms with Gasteiger partial charge in [0.05, 0.1) is 0 Å². The Morgan fingerprint density at radius 2 is 1.71 bits per heavy atom. The van der Waals surface area contributed by atoms with Gasteiger partial charge in [0.25, 0.3) is 0 Å². The smallest absolute Gasteiger partial charge is 0.0444 e. The van der Waals surface area contributed by atoms with E-state index in [-0.39, 0.29) is 0 Å². The first-order chi connectivity index (χ1) is 8.22. The van der Waals surface area contributed by atoms with Gasteiger partial charge < -0.3 is 0 Å². The summed E-state index contributed by atoms with van der Waals surface area (Å²) >= 11 is 18.0. The van der Waals surface area contributed by atoms with Crippen LogP contribution in [0, 0.1) is 0 Å². The Morgan fingerprint density at radius 3 is 2.41 bits per heavy atom. The monoisotopic (exact) mass is 284 g/mol. The van der Waals surface area contributed by atoms with Gasteiger partial charge in [0, 0.05) is 15.9 Å². The van der Waals surface area contributed by atoms with E-state index in [2.05, 4.69) is 0 Å². The molecule has 17 heavy (non-hydrogen) atoms. The molecule has 0 N–H and O–H groups in total. The van der Waals surface area contributed by atoms with Crippen molar-refractivity contribution in [3.05, 3.63) is 58.1 Å². The lowest BCUT2D eigenvalue weighted by atomic mass is 9.98. The van der Waals surface area contributed by atoms with E-state index in [1.807, 2.05) is 42.5 Å². The fraction of sp³-hybridized carbons (Fsp3) is 0.143. The average Bonchev–Trinajstić information content (AvgIpc) is 2.32. The van der Waals surface area contributed by atoms with E-state index >= 15 is 0 Å². The van der Waals surface area contributed by atoms with Crippen LogP contribution in [-0.2, 0) is 6.42 Å². The highest BCUT2D eigenvalue weighted by molar-refractivity contribution is 6.32. The second kappa shape index (κ2) is 5.77. The van der Waals surface area contributed by atoms with Gasteiger partial charge in [-0.25, -0.2) is 0 Å². The SMILES string of the molecule is ClCCc1c(Cl)cccc1-c1cccc(Cl)c1. The molecular weight excluding hydrogens is 275 g/mol. The predicted molar refractivity (Wildman–Crippen MR) is 76.3 cm³/mol. The molecule has 0 heterocycles. The molecule has 0 aliphatic heterocycles. The van der Waals surface area contributed by atoms with Crippen molar-refractivity contribution < 1.29 is 0 Å². The van der Waals surface area contributed by atoms with Crippen molar-refractivity contribution in [2.75, 3.05) is 5.88 Å². The first-order valence-corrected chi connectivity index (χ1v) is 6.60. The zero-order valence-electron chi connectivity index (χ0n) is 9.09. The molecule has 0 aliphatic carbocycles. The number of rotatable bonds is 3. The molecule has 3 heteroatoms. The second-order valence-corrected chi connectivity index (χ2v) is 4.94. The van der Waals surface area contributed by atoms with Crippen LogP contribution in [0.3, 0.4) is 0 Å². The van der Waals surface area contributed by atoms with Crippen molar-refractivity contribution in [3.8, 4) is 11.1 Å². The lowest BCUT2D eigenvalue weighted by Gasteiger charge is -2.10. The summed E-state index contributed by atoms with van der Waals surface area (Å²) in [5.74, 6) is 0.553. The van der Waals surface area contributed by atoms with Gasteiger partial charge in [0.15, 0.2) is 0 Å². The fourth-order valence-corrected chi connectivity index (χ4v) is 2.48. The largest absolute Gasteiger partial charge is 0.126 e.